The number of benzene rings is 2. The number of rotatable bonds is 10. The van der Waals surface area contributed by atoms with E-state index in [2.05, 4.69) is 48.3 Å². The number of halogens is 3. The molecule has 1 saturated carbocycles. The minimum absolute atomic E-state index is 0.0382. The molecule has 2 unspecified atom stereocenters. The summed E-state index contributed by atoms with van der Waals surface area (Å²) >= 11 is 0. The lowest BCUT2D eigenvalue weighted by atomic mass is 9.81. The number of anilines is 5. The van der Waals surface area contributed by atoms with E-state index in [1.54, 1.807) is 27.0 Å². The number of hydrogen-bond acceptors (Lipinski definition) is 8. The number of nitrogens with zero attached hydrogens (tertiary/aromatic N) is 3. The Balaban J connectivity index is 1.30. The summed E-state index contributed by atoms with van der Waals surface area (Å²) in [7, 11) is 1.75. The van der Waals surface area contributed by atoms with Crippen molar-refractivity contribution in [1.82, 2.24) is 15.3 Å². The number of aromatic nitrogens is 2. The van der Waals surface area contributed by atoms with Gasteiger partial charge in [-0.3, -0.25) is 0 Å². The number of alkyl halides is 3. The van der Waals surface area contributed by atoms with Gasteiger partial charge in [0.25, 0.3) is 0 Å². The fourth-order valence-corrected chi connectivity index (χ4v) is 7.15. The highest BCUT2D eigenvalue weighted by atomic mass is 19.4. The third-order valence-corrected chi connectivity index (χ3v) is 9.36. The molecule has 2 aromatic carbocycles. The Morgan fingerprint density at radius 1 is 1.11 bits per heavy atom. The second-order valence-corrected chi connectivity index (χ2v) is 12.8. The van der Waals surface area contributed by atoms with Gasteiger partial charge in [0.05, 0.1) is 0 Å². The molecule has 2 aliphatic heterocycles. The molecule has 234 valence electrons. The molecular formula is C33H40F3N7O. The molecule has 1 aliphatic carbocycles. The SMILES string of the molecule is CNc1cccc(CNc2nc(Nc3ccc(N4CC5CC4CN5)cc3C3CCCC3)ncc2C(F)(F)F)c1C(C)(C)C=O. The van der Waals surface area contributed by atoms with Crippen LogP contribution in [0.25, 0.3) is 0 Å². The molecule has 0 radical (unpaired) electrons. The van der Waals surface area contributed by atoms with Crippen LogP contribution in [0.2, 0.25) is 0 Å². The van der Waals surface area contributed by atoms with Gasteiger partial charge < -0.3 is 31.0 Å². The van der Waals surface area contributed by atoms with Crippen LogP contribution in [-0.2, 0) is 22.9 Å². The largest absolute Gasteiger partial charge is 0.421 e. The van der Waals surface area contributed by atoms with Crippen LogP contribution in [0.15, 0.2) is 42.6 Å². The molecule has 2 saturated heterocycles. The summed E-state index contributed by atoms with van der Waals surface area (Å²) in [6.07, 6.45) is 2.66. The van der Waals surface area contributed by atoms with Crippen LogP contribution < -0.4 is 26.2 Å². The van der Waals surface area contributed by atoms with Crippen LogP contribution in [0.3, 0.4) is 0 Å². The maximum Gasteiger partial charge on any atom is 0.421 e. The van der Waals surface area contributed by atoms with Crippen molar-refractivity contribution < 1.29 is 18.0 Å². The normalized spacial score (nSPS) is 20.3. The second kappa shape index (κ2) is 11.9. The first-order valence-corrected chi connectivity index (χ1v) is 15.4. The molecule has 11 heteroatoms. The number of fused-ring (bicyclic) bond motifs is 2. The first-order chi connectivity index (χ1) is 21.1. The van der Waals surface area contributed by atoms with Crippen LogP contribution >= 0.6 is 0 Å². The van der Waals surface area contributed by atoms with E-state index in [-0.39, 0.29) is 18.3 Å². The lowest BCUT2D eigenvalue weighted by Gasteiger charge is -2.31. The fraction of sp³-hybridized carbons (Fsp3) is 0.485. The van der Waals surface area contributed by atoms with Gasteiger partial charge in [-0.1, -0.05) is 25.0 Å². The Bertz CT molecular complexity index is 1520. The van der Waals surface area contributed by atoms with Crippen molar-refractivity contribution in [1.29, 1.82) is 0 Å². The minimum Gasteiger partial charge on any atom is -0.388 e. The molecule has 0 amide bonds. The summed E-state index contributed by atoms with van der Waals surface area (Å²) in [5, 5.41) is 12.8. The van der Waals surface area contributed by atoms with Crippen molar-refractivity contribution in [2.24, 2.45) is 0 Å². The van der Waals surface area contributed by atoms with Crippen LogP contribution in [-0.4, -0.2) is 48.5 Å². The molecule has 3 fully saturated rings. The van der Waals surface area contributed by atoms with E-state index >= 15 is 0 Å². The molecule has 0 spiro atoms. The first-order valence-electron chi connectivity index (χ1n) is 15.4. The van der Waals surface area contributed by atoms with Gasteiger partial charge in [-0.15, -0.1) is 0 Å². The van der Waals surface area contributed by atoms with E-state index < -0.39 is 17.2 Å². The molecule has 3 aromatic rings. The topological polar surface area (TPSA) is 94.2 Å². The highest BCUT2D eigenvalue weighted by Gasteiger charge is 2.38. The first kappa shape index (κ1) is 30.2. The summed E-state index contributed by atoms with van der Waals surface area (Å²) in [6, 6.07) is 12.9. The molecule has 2 bridgehead atoms. The molecule has 3 aliphatic rings. The lowest BCUT2D eigenvalue weighted by molar-refractivity contribution is -0.137. The van der Waals surface area contributed by atoms with E-state index in [1.165, 1.54) is 11.3 Å². The Kier molecular flexibility index (Phi) is 8.17. The fourth-order valence-electron chi connectivity index (χ4n) is 7.15. The van der Waals surface area contributed by atoms with Crippen LogP contribution in [0, 0.1) is 0 Å². The Hall–Kier alpha value is -3.86. The van der Waals surface area contributed by atoms with E-state index in [0.717, 1.165) is 69.1 Å². The monoisotopic (exact) mass is 607 g/mol. The van der Waals surface area contributed by atoms with E-state index in [0.29, 0.717) is 29.1 Å². The summed E-state index contributed by atoms with van der Waals surface area (Å²) < 4.78 is 42.3. The quantitative estimate of drug-likeness (QED) is 0.192. The van der Waals surface area contributed by atoms with Gasteiger partial charge in [0, 0.05) is 67.4 Å². The molecule has 3 heterocycles. The van der Waals surface area contributed by atoms with E-state index in [4.69, 9.17) is 0 Å². The summed E-state index contributed by atoms with van der Waals surface area (Å²) in [5.41, 5.74) is 3.53. The highest BCUT2D eigenvalue weighted by Crippen LogP contribution is 2.42. The van der Waals surface area contributed by atoms with E-state index in [1.807, 2.05) is 18.2 Å². The second-order valence-electron chi connectivity index (χ2n) is 12.8. The maximum absolute atomic E-state index is 14.1. The van der Waals surface area contributed by atoms with Gasteiger partial charge in [-0.25, -0.2) is 4.98 Å². The zero-order valence-electron chi connectivity index (χ0n) is 25.4. The van der Waals surface area contributed by atoms with Crippen LogP contribution in [0.5, 0.6) is 0 Å². The summed E-state index contributed by atoms with van der Waals surface area (Å²) in [6.45, 7) is 5.59. The molecule has 6 rings (SSSR count). The Morgan fingerprint density at radius 3 is 2.57 bits per heavy atom. The number of carbonyl (C=O) groups excluding carboxylic acids is 1. The van der Waals surface area contributed by atoms with Crippen molar-refractivity contribution in [3.05, 3.63) is 64.8 Å². The summed E-state index contributed by atoms with van der Waals surface area (Å²) in [4.78, 5) is 22.9. The number of hydrogen-bond donors (Lipinski definition) is 4. The molecule has 4 N–H and O–H groups in total. The number of carbonyl (C=O) groups is 1. The molecule has 1 aromatic heterocycles. The van der Waals surface area contributed by atoms with Crippen molar-refractivity contribution in [3.8, 4) is 0 Å². The Morgan fingerprint density at radius 2 is 1.91 bits per heavy atom. The average molecular weight is 608 g/mol. The van der Waals surface area contributed by atoms with Crippen molar-refractivity contribution in [2.45, 2.75) is 82.1 Å². The third kappa shape index (κ3) is 5.94. The minimum atomic E-state index is -4.65. The lowest BCUT2D eigenvalue weighted by Crippen LogP contribution is -2.43. The van der Waals surface area contributed by atoms with Gasteiger partial charge in [-0.05, 0) is 80.0 Å². The van der Waals surface area contributed by atoms with Crippen molar-refractivity contribution >= 4 is 35.1 Å². The smallest absolute Gasteiger partial charge is 0.388 e. The van der Waals surface area contributed by atoms with Crippen LogP contribution in [0.1, 0.15) is 74.1 Å². The summed E-state index contributed by atoms with van der Waals surface area (Å²) in [5.74, 6) is 0.148. The predicted octanol–water partition coefficient (Wildman–Crippen LogP) is 6.58. The van der Waals surface area contributed by atoms with Crippen molar-refractivity contribution in [3.63, 3.8) is 0 Å². The van der Waals surface area contributed by atoms with Gasteiger partial charge in [0.1, 0.15) is 17.7 Å². The van der Waals surface area contributed by atoms with Gasteiger partial charge >= 0.3 is 6.18 Å². The van der Waals surface area contributed by atoms with Crippen molar-refractivity contribution in [2.75, 3.05) is 41.0 Å². The maximum atomic E-state index is 14.1. The van der Waals surface area contributed by atoms with Gasteiger partial charge in [0.15, 0.2) is 0 Å². The van der Waals surface area contributed by atoms with Crippen LogP contribution in [0.4, 0.5) is 42.0 Å². The highest BCUT2D eigenvalue weighted by molar-refractivity contribution is 5.74. The number of piperazine rings is 1. The predicted molar refractivity (Wildman–Crippen MR) is 168 cm³/mol. The average Bonchev–Trinajstić information content (AvgIpc) is 3.79. The number of nitrogens with one attached hydrogen (secondary N) is 4. The standard InChI is InChI=1S/C33H40F3N7O/c1-32(2,19-44)29-21(9-6-10-28(29)37-3)15-39-30-26(33(34,35)36)17-40-31(42-30)41-27-12-11-23(14-25(27)20-7-4-5-8-20)43-18-22-13-24(43)16-38-22/h6,9-12,14,17,19-20,22,24,37-38H,4-5,7-8,13,15-16,18H2,1-3H3,(H2,39,40,41,42). The molecule has 8 nitrogen and oxygen atoms in total. The third-order valence-electron chi connectivity index (χ3n) is 9.36. The van der Waals surface area contributed by atoms with Gasteiger partial charge in [-0.2, -0.15) is 18.2 Å². The molecule has 2 atom stereocenters. The Labute approximate surface area is 256 Å². The zero-order valence-corrected chi connectivity index (χ0v) is 25.4. The van der Waals surface area contributed by atoms with Gasteiger partial charge in [0.2, 0.25) is 5.95 Å². The molecular weight excluding hydrogens is 567 g/mol. The van der Waals surface area contributed by atoms with E-state index in [9.17, 15) is 18.0 Å². The zero-order chi connectivity index (χ0) is 31.1. The number of aldehydes is 1. The molecule has 44 heavy (non-hydrogen) atoms.